The lowest BCUT2D eigenvalue weighted by Gasteiger charge is -2.11. The molecule has 0 aromatic heterocycles. The lowest BCUT2D eigenvalue weighted by molar-refractivity contribution is 0.335. The van der Waals surface area contributed by atoms with Crippen LogP contribution in [0.4, 0.5) is 0 Å². The monoisotopic (exact) mass is 392 g/mol. The Labute approximate surface area is 129 Å². The lowest BCUT2D eigenvalue weighted by atomic mass is 10.3. The fourth-order valence-corrected chi connectivity index (χ4v) is 3.77. The number of halogens is 3. The van der Waals surface area contributed by atoms with Gasteiger partial charge in [-0.1, -0.05) is 34.5 Å². The van der Waals surface area contributed by atoms with Gasteiger partial charge in [0.2, 0.25) is 0 Å². The van der Waals surface area contributed by atoms with E-state index in [4.69, 9.17) is 27.0 Å². The molecule has 18 heavy (non-hydrogen) atoms. The van der Waals surface area contributed by atoms with E-state index < -0.39 is 9.05 Å². The number of benzene rings is 1. The Balaban J connectivity index is 3.02. The van der Waals surface area contributed by atoms with Gasteiger partial charge in [-0.25, -0.2) is 8.42 Å². The van der Waals surface area contributed by atoms with Crippen molar-refractivity contribution in [3.8, 4) is 5.75 Å². The predicted octanol–water partition coefficient (Wildman–Crippen LogP) is 4.16. The Morgan fingerprint density at radius 1 is 1.44 bits per heavy atom. The average Bonchev–Trinajstić information content (AvgIpc) is 2.24. The Bertz CT molecular complexity index is 520. The Morgan fingerprint density at radius 2 is 2.11 bits per heavy atom. The molecule has 1 aromatic carbocycles. The SMILES string of the molecule is CCSCCOc1c(Cl)cc(Br)cc1S(=O)(=O)Cl. The number of ether oxygens (including phenoxy) is 1. The number of rotatable bonds is 6. The minimum Gasteiger partial charge on any atom is -0.490 e. The molecule has 0 radical (unpaired) electrons. The topological polar surface area (TPSA) is 43.4 Å². The van der Waals surface area contributed by atoms with Crippen LogP contribution in [-0.4, -0.2) is 26.5 Å². The summed E-state index contributed by atoms with van der Waals surface area (Å²) in [6.07, 6.45) is 0. The molecule has 0 saturated heterocycles. The van der Waals surface area contributed by atoms with E-state index in [0.29, 0.717) is 11.1 Å². The van der Waals surface area contributed by atoms with Crippen molar-refractivity contribution in [1.82, 2.24) is 0 Å². The first-order chi connectivity index (χ1) is 8.36. The molecular formula is C10H11BrCl2O3S2. The minimum absolute atomic E-state index is 0.103. The van der Waals surface area contributed by atoms with Gasteiger partial charge in [0, 0.05) is 20.9 Å². The van der Waals surface area contributed by atoms with Crippen LogP contribution < -0.4 is 4.74 Å². The van der Waals surface area contributed by atoms with Crippen molar-refractivity contribution in [2.24, 2.45) is 0 Å². The molecule has 0 aliphatic heterocycles. The van der Waals surface area contributed by atoms with Gasteiger partial charge in [-0.15, -0.1) is 0 Å². The average molecular weight is 394 g/mol. The van der Waals surface area contributed by atoms with Gasteiger partial charge >= 0.3 is 0 Å². The van der Waals surface area contributed by atoms with Crippen molar-refractivity contribution < 1.29 is 13.2 Å². The van der Waals surface area contributed by atoms with Gasteiger partial charge in [-0.05, 0) is 17.9 Å². The maximum absolute atomic E-state index is 11.4. The highest BCUT2D eigenvalue weighted by molar-refractivity contribution is 9.10. The second-order valence-corrected chi connectivity index (χ2v) is 8.45. The van der Waals surface area contributed by atoms with Crippen LogP contribution in [0.2, 0.25) is 5.02 Å². The van der Waals surface area contributed by atoms with Crippen molar-refractivity contribution >= 4 is 59.0 Å². The molecule has 0 unspecified atom stereocenters. The van der Waals surface area contributed by atoms with Crippen LogP contribution in [0.5, 0.6) is 5.75 Å². The molecule has 0 amide bonds. The van der Waals surface area contributed by atoms with Crippen molar-refractivity contribution in [3.63, 3.8) is 0 Å². The van der Waals surface area contributed by atoms with E-state index >= 15 is 0 Å². The Morgan fingerprint density at radius 3 is 2.67 bits per heavy atom. The fourth-order valence-electron chi connectivity index (χ4n) is 1.20. The molecule has 0 fully saturated rings. The first-order valence-electron chi connectivity index (χ1n) is 5.00. The van der Waals surface area contributed by atoms with Crippen LogP contribution in [0, 0.1) is 0 Å². The standard InChI is InChI=1S/C10H11BrCl2O3S2/c1-2-17-4-3-16-10-8(12)5-7(11)6-9(10)18(13,14)15/h5-6H,2-4H2,1H3. The van der Waals surface area contributed by atoms with E-state index in [9.17, 15) is 8.42 Å². The van der Waals surface area contributed by atoms with Crippen molar-refractivity contribution in [2.45, 2.75) is 11.8 Å². The molecule has 8 heteroatoms. The third-order valence-electron chi connectivity index (χ3n) is 1.92. The van der Waals surface area contributed by atoms with Gasteiger partial charge < -0.3 is 4.74 Å². The van der Waals surface area contributed by atoms with Gasteiger partial charge in [0.25, 0.3) is 9.05 Å². The third-order valence-corrected chi connectivity index (χ3v) is 4.84. The molecule has 0 bridgehead atoms. The molecule has 102 valence electrons. The maximum Gasteiger partial charge on any atom is 0.265 e. The molecule has 1 aromatic rings. The van der Waals surface area contributed by atoms with Crippen LogP contribution in [0.1, 0.15) is 6.92 Å². The van der Waals surface area contributed by atoms with Crippen molar-refractivity contribution in [3.05, 3.63) is 21.6 Å². The molecule has 1 rings (SSSR count). The summed E-state index contributed by atoms with van der Waals surface area (Å²) < 4.78 is 28.8. The van der Waals surface area contributed by atoms with Crippen LogP contribution >= 0.6 is 50.0 Å². The van der Waals surface area contributed by atoms with Gasteiger partial charge in [-0.2, -0.15) is 11.8 Å². The number of hydrogen-bond donors (Lipinski definition) is 0. The molecular weight excluding hydrogens is 383 g/mol. The minimum atomic E-state index is -3.90. The molecule has 0 atom stereocenters. The predicted molar refractivity (Wildman–Crippen MR) is 80.7 cm³/mol. The zero-order valence-corrected chi connectivity index (χ0v) is 14.2. The Kier molecular flexibility index (Phi) is 6.61. The van der Waals surface area contributed by atoms with Crippen molar-refractivity contribution in [2.75, 3.05) is 18.1 Å². The molecule has 0 aliphatic rings. The zero-order valence-electron chi connectivity index (χ0n) is 9.45. The second kappa shape index (κ2) is 7.24. The molecule has 0 N–H and O–H groups in total. The molecule has 0 heterocycles. The third kappa shape index (κ3) is 4.81. The zero-order chi connectivity index (χ0) is 13.8. The highest BCUT2D eigenvalue weighted by Crippen LogP contribution is 2.37. The first-order valence-corrected chi connectivity index (χ1v) is 9.64. The number of thioether (sulfide) groups is 1. The highest BCUT2D eigenvalue weighted by atomic mass is 79.9. The Hall–Kier alpha value is 0.380. The summed E-state index contributed by atoms with van der Waals surface area (Å²) >= 11 is 10.8. The normalized spacial score (nSPS) is 11.6. The molecule has 3 nitrogen and oxygen atoms in total. The van der Waals surface area contributed by atoms with E-state index in [1.165, 1.54) is 6.07 Å². The van der Waals surface area contributed by atoms with E-state index in [-0.39, 0.29) is 15.7 Å². The van der Waals surface area contributed by atoms with Gasteiger partial charge in [0.1, 0.15) is 4.90 Å². The summed E-state index contributed by atoms with van der Waals surface area (Å²) in [6, 6.07) is 2.94. The van der Waals surface area contributed by atoms with Crippen LogP contribution in [0.3, 0.4) is 0 Å². The van der Waals surface area contributed by atoms with Crippen molar-refractivity contribution in [1.29, 1.82) is 0 Å². The van der Waals surface area contributed by atoms with E-state index in [0.717, 1.165) is 11.5 Å². The van der Waals surface area contributed by atoms with Gasteiger partial charge in [0.05, 0.1) is 11.6 Å². The maximum atomic E-state index is 11.4. The first kappa shape index (κ1) is 16.4. The van der Waals surface area contributed by atoms with Crippen LogP contribution in [-0.2, 0) is 9.05 Å². The number of hydrogen-bond acceptors (Lipinski definition) is 4. The smallest absolute Gasteiger partial charge is 0.265 e. The molecule has 0 aliphatic carbocycles. The molecule has 0 spiro atoms. The largest absolute Gasteiger partial charge is 0.490 e. The van der Waals surface area contributed by atoms with E-state index in [1.54, 1.807) is 17.8 Å². The quantitative estimate of drug-likeness (QED) is 0.537. The second-order valence-electron chi connectivity index (χ2n) is 3.20. The summed E-state index contributed by atoms with van der Waals surface area (Å²) in [5.41, 5.74) is 0. The van der Waals surface area contributed by atoms with Crippen LogP contribution in [0.25, 0.3) is 0 Å². The van der Waals surface area contributed by atoms with Crippen LogP contribution in [0.15, 0.2) is 21.5 Å². The highest BCUT2D eigenvalue weighted by Gasteiger charge is 2.20. The summed E-state index contributed by atoms with van der Waals surface area (Å²) in [7, 11) is 1.46. The van der Waals surface area contributed by atoms with E-state index in [2.05, 4.69) is 15.9 Å². The summed E-state index contributed by atoms with van der Waals surface area (Å²) in [4.78, 5) is -0.120. The summed E-state index contributed by atoms with van der Waals surface area (Å²) in [5.74, 6) is 1.83. The summed E-state index contributed by atoms with van der Waals surface area (Å²) in [5, 5.41) is 0.213. The van der Waals surface area contributed by atoms with Gasteiger partial charge in [0.15, 0.2) is 5.75 Å². The fraction of sp³-hybridized carbons (Fsp3) is 0.400. The lowest BCUT2D eigenvalue weighted by Crippen LogP contribution is -2.05. The molecule has 0 saturated carbocycles. The van der Waals surface area contributed by atoms with Gasteiger partial charge in [-0.3, -0.25) is 0 Å². The van der Waals surface area contributed by atoms with E-state index in [1.807, 2.05) is 6.92 Å². The summed E-state index contributed by atoms with van der Waals surface area (Å²) in [6.45, 7) is 2.41.